The highest BCUT2D eigenvalue weighted by Gasteiger charge is 2.14. The fourth-order valence-corrected chi connectivity index (χ4v) is 1.54. The Morgan fingerprint density at radius 1 is 1.40 bits per heavy atom. The van der Waals surface area contributed by atoms with E-state index in [0.717, 1.165) is 0 Å². The van der Waals surface area contributed by atoms with Gasteiger partial charge < -0.3 is 4.74 Å². The molecule has 0 N–H and O–H groups in total. The molecular weight excluding hydrogens is 235 g/mol. The standard InChI is InChI=1S/C11H10Cl2O2/c1-2-3-7-15-11(14)10-8(12)5-4-6-9(10)13/h2-6H,7H2,1H3. The molecule has 0 saturated carbocycles. The number of benzene rings is 1. The fraction of sp³-hybridized carbons (Fsp3) is 0.182. The third kappa shape index (κ3) is 3.26. The molecule has 0 aliphatic rings. The Labute approximate surface area is 98.4 Å². The summed E-state index contributed by atoms with van der Waals surface area (Å²) in [6, 6.07) is 4.87. The maximum atomic E-state index is 11.5. The molecule has 2 nitrogen and oxygen atoms in total. The van der Waals surface area contributed by atoms with Gasteiger partial charge in [0.2, 0.25) is 0 Å². The van der Waals surface area contributed by atoms with Crippen molar-refractivity contribution in [3.8, 4) is 0 Å². The molecule has 0 aliphatic carbocycles. The van der Waals surface area contributed by atoms with Gasteiger partial charge in [0.25, 0.3) is 0 Å². The van der Waals surface area contributed by atoms with Gasteiger partial charge in [-0.1, -0.05) is 41.4 Å². The molecule has 0 aliphatic heterocycles. The van der Waals surface area contributed by atoms with Crippen molar-refractivity contribution in [1.29, 1.82) is 0 Å². The Balaban J connectivity index is 2.82. The summed E-state index contributed by atoms with van der Waals surface area (Å²) in [5.41, 5.74) is 0.213. The molecule has 0 aromatic heterocycles. The van der Waals surface area contributed by atoms with Gasteiger partial charge in [-0.15, -0.1) is 0 Å². The van der Waals surface area contributed by atoms with E-state index >= 15 is 0 Å². The summed E-state index contributed by atoms with van der Waals surface area (Å²) >= 11 is 11.7. The highest BCUT2D eigenvalue weighted by atomic mass is 35.5. The summed E-state index contributed by atoms with van der Waals surface area (Å²) in [4.78, 5) is 11.5. The van der Waals surface area contributed by atoms with E-state index in [0.29, 0.717) is 10.0 Å². The van der Waals surface area contributed by atoms with Crippen molar-refractivity contribution in [3.05, 3.63) is 46.0 Å². The van der Waals surface area contributed by atoms with Crippen molar-refractivity contribution in [3.63, 3.8) is 0 Å². The first kappa shape index (κ1) is 12.1. The number of esters is 1. The van der Waals surface area contributed by atoms with Gasteiger partial charge in [-0.05, 0) is 19.1 Å². The van der Waals surface area contributed by atoms with Crippen LogP contribution in [0.4, 0.5) is 0 Å². The van der Waals surface area contributed by atoms with E-state index in [1.807, 2.05) is 6.92 Å². The Morgan fingerprint density at radius 3 is 2.53 bits per heavy atom. The predicted molar refractivity (Wildman–Crippen MR) is 61.6 cm³/mol. The summed E-state index contributed by atoms with van der Waals surface area (Å²) in [6.07, 6.45) is 3.52. The molecule has 0 unspecified atom stereocenters. The van der Waals surface area contributed by atoms with Crippen molar-refractivity contribution in [1.82, 2.24) is 0 Å². The van der Waals surface area contributed by atoms with Gasteiger partial charge in [0.05, 0.1) is 15.6 Å². The molecule has 0 fully saturated rings. The van der Waals surface area contributed by atoms with Crippen LogP contribution in [0.5, 0.6) is 0 Å². The molecule has 0 heterocycles. The van der Waals surface area contributed by atoms with Crippen LogP contribution in [-0.2, 0) is 4.74 Å². The van der Waals surface area contributed by atoms with E-state index in [-0.39, 0.29) is 12.2 Å². The number of rotatable bonds is 3. The third-order valence-electron chi connectivity index (χ3n) is 1.71. The SMILES string of the molecule is CC=CCOC(=O)c1c(Cl)cccc1Cl. The molecule has 1 aromatic rings. The van der Waals surface area contributed by atoms with E-state index in [2.05, 4.69) is 0 Å². The van der Waals surface area contributed by atoms with Crippen LogP contribution in [0.3, 0.4) is 0 Å². The van der Waals surface area contributed by atoms with E-state index < -0.39 is 5.97 Å². The first-order valence-corrected chi connectivity index (χ1v) is 5.14. The van der Waals surface area contributed by atoms with Crippen LogP contribution in [0.2, 0.25) is 10.0 Å². The van der Waals surface area contributed by atoms with Crippen LogP contribution in [-0.4, -0.2) is 12.6 Å². The zero-order valence-corrected chi connectivity index (χ0v) is 9.68. The normalized spacial score (nSPS) is 10.6. The quantitative estimate of drug-likeness (QED) is 0.599. The predicted octanol–water partition coefficient (Wildman–Crippen LogP) is 3.73. The molecule has 15 heavy (non-hydrogen) atoms. The molecule has 1 aromatic carbocycles. The largest absolute Gasteiger partial charge is 0.458 e. The maximum Gasteiger partial charge on any atom is 0.341 e. The molecule has 0 spiro atoms. The summed E-state index contributed by atoms with van der Waals surface area (Å²) < 4.78 is 4.94. The van der Waals surface area contributed by atoms with Gasteiger partial charge in [0.1, 0.15) is 6.61 Å². The zero-order valence-electron chi connectivity index (χ0n) is 8.17. The van der Waals surface area contributed by atoms with E-state index in [4.69, 9.17) is 27.9 Å². The van der Waals surface area contributed by atoms with Crippen LogP contribution >= 0.6 is 23.2 Å². The number of hydrogen-bond acceptors (Lipinski definition) is 2. The second kappa shape index (κ2) is 5.79. The van der Waals surface area contributed by atoms with Crippen LogP contribution < -0.4 is 0 Å². The van der Waals surface area contributed by atoms with Crippen LogP contribution in [0.1, 0.15) is 17.3 Å². The Kier molecular flexibility index (Phi) is 4.66. The van der Waals surface area contributed by atoms with E-state index in [9.17, 15) is 4.79 Å². The number of ether oxygens (including phenoxy) is 1. The second-order valence-corrected chi connectivity index (χ2v) is 3.58. The smallest absolute Gasteiger partial charge is 0.341 e. The molecular formula is C11H10Cl2O2. The maximum absolute atomic E-state index is 11.5. The molecule has 0 amide bonds. The lowest BCUT2D eigenvalue weighted by Crippen LogP contribution is -2.06. The topological polar surface area (TPSA) is 26.3 Å². The molecule has 0 saturated heterocycles. The van der Waals surface area contributed by atoms with Crippen molar-refractivity contribution >= 4 is 29.2 Å². The van der Waals surface area contributed by atoms with Gasteiger partial charge in [0.15, 0.2) is 0 Å². The molecule has 1 rings (SSSR count). The number of allylic oxidation sites excluding steroid dienone is 1. The monoisotopic (exact) mass is 244 g/mol. The number of hydrogen-bond donors (Lipinski definition) is 0. The summed E-state index contributed by atoms with van der Waals surface area (Å²) in [7, 11) is 0. The number of carbonyl (C=O) groups excluding carboxylic acids is 1. The minimum Gasteiger partial charge on any atom is -0.458 e. The van der Waals surface area contributed by atoms with Crippen molar-refractivity contribution in [2.24, 2.45) is 0 Å². The summed E-state index contributed by atoms with van der Waals surface area (Å²) in [6.45, 7) is 2.06. The van der Waals surface area contributed by atoms with Crippen LogP contribution in [0, 0.1) is 0 Å². The molecule has 0 radical (unpaired) electrons. The Morgan fingerprint density at radius 2 is 2.00 bits per heavy atom. The first-order chi connectivity index (χ1) is 7.16. The Bertz CT molecular complexity index is 366. The lowest BCUT2D eigenvalue weighted by Gasteiger charge is -2.05. The molecule has 80 valence electrons. The first-order valence-electron chi connectivity index (χ1n) is 4.39. The minimum absolute atomic E-state index is 0.213. The van der Waals surface area contributed by atoms with Crippen LogP contribution in [0.25, 0.3) is 0 Å². The molecule has 4 heteroatoms. The third-order valence-corrected chi connectivity index (χ3v) is 2.34. The highest BCUT2D eigenvalue weighted by Crippen LogP contribution is 2.24. The average molecular weight is 245 g/mol. The van der Waals surface area contributed by atoms with Gasteiger partial charge >= 0.3 is 5.97 Å². The summed E-state index contributed by atoms with van der Waals surface area (Å²) in [5, 5.41) is 0.598. The summed E-state index contributed by atoms with van der Waals surface area (Å²) in [5.74, 6) is -0.510. The van der Waals surface area contributed by atoms with Gasteiger partial charge in [-0.25, -0.2) is 4.79 Å². The zero-order chi connectivity index (χ0) is 11.3. The van der Waals surface area contributed by atoms with Crippen molar-refractivity contribution in [2.75, 3.05) is 6.61 Å². The number of halogens is 2. The highest BCUT2D eigenvalue weighted by molar-refractivity contribution is 6.39. The van der Waals surface area contributed by atoms with Gasteiger partial charge in [0, 0.05) is 0 Å². The van der Waals surface area contributed by atoms with Gasteiger partial charge in [-0.3, -0.25) is 0 Å². The van der Waals surface area contributed by atoms with E-state index in [1.54, 1.807) is 30.4 Å². The van der Waals surface area contributed by atoms with Crippen LogP contribution in [0.15, 0.2) is 30.4 Å². The second-order valence-electron chi connectivity index (χ2n) is 2.76. The van der Waals surface area contributed by atoms with Crippen molar-refractivity contribution in [2.45, 2.75) is 6.92 Å². The average Bonchev–Trinajstić information content (AvgIpc) is 2.18. The lowest BCUT2D eigenvalue weighted by molar-refractivity contribution is 0.0550. The van der Waals surface area contributed by atoms with Gasteiger partial charge in [-0.2, -0.15) is 0 Å². The number of carbonyl (C=O) groups is 1. The van der Waals surface area contributed by atoms with E-state index in [1.165, 1.54) is 0 Å². The Hall–Kier alpha value is -0.990. The lowest BCUT2D eigenvalue weighted by atomic mass is 10.2. The fourth-order valence-electron chi connectivity index (χ4n) is 0.985. The minimum atomic E-state index is -0.510. The molecule has 0 atom stereocenters. The van der Waals surface area contributed by atoms with Crippen molar-refractivity contribution < 1.29 is 9.53 Å². The molecule has 0 bridgehead atoms.